The first-order valence-electron chi connectivity index (χ1n) is 8.71. The third kappa shape index (κ3) is 4.21. The van der Waals surface area contributed by atoms with E-state index in [2.05, 4.69) is 10.2 Å². The normalized spacial score (nSPS) is 22.4. The third-order valence-electron chi connectivity index (χ3n) is 4.93. The van der Waals surface area contributed by atoms with Gasteiger partial charge in [-0.05, 0) is 43.1 Å². The van der Waals surface area contributed by atoms with Crippen molar-refractivity contribution in [1.29, 1.82) is 0 Å². The fourth-order valence-corrected chi connectivity index (χ4v) is 3.76. The standard InChI is InChI=1S/C18H26ClN3O2/c1-24-16-4-5-17(19)15(11-16)13-21-8-2-3-14(12-21)18(23)22-9-6-20-7-10-22/h4-5,11,14,20H,2-3,6-10,12-13H2,1H3. The zero-order valence-corrected chi connectivity index (χ0v) is 15.0. The molecule has 0 bridgehead atoms. The van der Waals surface area contributed by atoms with Crippen LogP contribution < -0.4 is 10.1 Å². The van der Waals surface area contributed by atoms with Gasteiger partial charge in [-0.3, -0.25) is 9.69 Å². The summed E-state index contributed by atoms with van der Waals surface area (Å²) in [5.74, 6) is 1.25. The highest BCUT2D eigenvalue weighted by Crippen LogP contribution is 2.26. The van der Waals surface area contributed by atoms with Crippen molar-refractivity contribution < 1.29 is 9.53 Å². The maximum Gasteiger partial charge on any atom is 0.227 e. The summed E-state index contributed by atoms with van der Waals surface area (Å²) in [5.41, 5.74) is 1.06. The summed E-state index contributed by atoms with van der Waals surface area (Å²) in [6.45, 7) is 6.06. The van der Waals surface area contributed by atoms with Crippen molar-refractivity contribution in [3.63, 3.8) is 0 Å². The summed E-state index contributed by atoms with van der Waals surface area (Å²) < 4.78 is 5.29. The SMILES string of the molecule is COc1ccc(Cl)c(CN2CCCC(C(=O)N3CCNCC3)C2)c1. The number of carbonyl (C=O) groups is 1. The van der Waals surface area contributed by atoms with Crippen LogP contribution >= 0.6 is 11.6 Å². The van der Waals surface area contributed by atoms with Gasteiger partial charge in [0.1, 0.15) is 5.75 Å². The van der Waals surface area contributed by atoms with Gasteiger partial charge < -0.3 is 15.0 Å². The molecule has 1 amide bonds. The smallest absolute Gasteiger partial charge is 0.227 e. The molecule has 2 fully saturated rings. The Morgan fingerprint density at radius 1 is 1.33 bits per heavy atom. The van der Waals surface area contributed by atoms with Crippen LogP contribution in [0.25, 0.3) is 0 Å². The molecule has 0 aromatic heterocycles. The van der Waals surface area contributed by atoms with Gasteiger partial charge in [0.2, 0.25) is 5.91 Å². The number of nitrogens with one attached hydrogen (secondary N) is 1. The highest BCUT2D eigenvalue weighted by atomic mass is 35.5. The third-order valence-corrected chi connectivity index (χ3v) is 5.30. The number of nitrogens with zero attached hydrogens (tertiary/aromatic N) is 2. The van der Waals surface area contributed by atoms with Crippen LogP contribution in [0.5, 0.6) is 5.75 Å². The first-order valence-corrected chi connectivity index (χ1v) is 9.09. The number of piperidine rings is 1. The Bertz CT molecular complexity index is 575. The topological polar surface area (TPSA) is 44.8 Å². The van der Waals surface area contributed by atoms with Crippen LogP contribution in [0.4, 0.5) is 0 Å². The van der Waals surface area contributed by atoms with E-state index in [9.17, 15) is 4.79 Å². The van der Waals surface area contributed by atoms with Gasteiger partial charge in [0.25, 0.3) is 0 Å². The fourth-order valence-electron chi connectivity index (χ4n) is 3.58. The molecule has 1 atom stereocenters. The molecular weight excluding hydrogens is 326 g/mol. The van der Waals surface area contributed by atoms with E-state index in [0.29, 0.717) is 5.91 Å². The van der Waals surface area contributed by atoms with E-state index >= 15 is 0 Å². The molecule has 0 saturated carbocycles. The van der Waals surface area contributed by atoms with Gasteiger partial charge in [-0.15, -0.1) is 0 Å². The second-order valence-corrected chi connectivity index (χ2v) is 7.01. The number of likely N-dealkylation sites (tertiary alicyclic amines) is 1. The van der Waals surface area contributed by atoms with Crippen molar-refractivity contribution in [3.8, 4) is 5.75 Å². The molecule has 3 rings (SSSR count). The monoisotopic (exact) mass is 351 g/mol. The van der Waals surface area contributed by atoms with E-state index < -0.39 is 0 Å². The Hall–Kier alpha value is -1.30. The lowest BCUT2D eigenvalue weighted by Gasteiger charge is -2.36. The average molecular weight is 352 g/mol. The second-order valence-electron chi connectivity index (χ2n) is 6.61. The Morgan fingerprint density at radius 3 is 2.88 bits per heavy atom. The Labute approximate surface area is 148 Å². The van der Waals surface area contributed by atoms with E-state index in [1.807, 2.05) is 23.1 Å². The lowest BCUT2D eigenvalue weighted by molar-refractivity contribution is -0.138. The van der Waals surface area contributed by atoms with Gasteiger partial charge in [0, 0.05) is 44.3 Å². The molecule has 2 aliphatic heterocycles. The van der Waals surface area contributed by atoms with Crippen LogP contribution in [0, 0.1) is 5.92 Å². The van der Waals surface area contributed by atoms with Gasteiger partial charge in [0.15, 0.2) is 0 Å². The van der Waals surface area contributed by atoms with E-state index in [4.69, 9.17) is 16.3 Å². The summed E-state index contributed by atoms with van der Waals surface area (Å²) in [6, 6.07) is 5.74. The van der Waals surface area contributed by atoms with Gasteiger partial charge in [-0.2, -0.15) is 0 Å². The number of rotatable bonds is 4. The zero-order chi connectivity index (χ0) is 16.9. The molecule has 1 aromatic rings. The molecule has 1 unspecified atom stereocenters. The second kappa shape index (κ2) is 8.19. The van der Waals surface area contributed by atoms with Crippen LogP contribution in [0.1, 0.15) is 18.4 Å². The Kier molecular flexibility index (Phi) is 5.98. The Balaban J connectivity index is 1.62. The van der Waals surface area contributed by atoms with Crippen molar-refractivity contribution in [1.82, 2.24) is 15.1 Å². The summed E-state index contributed by atoms with van der Waals surface area (Å²) in [4.78, 5) is 17.1. The molecule has 24 heavy (non-hydrogen) atoms. The number of amides is 1. The zero-order valence-electron chi connectivity index (χ0n) is 14.3. The number of benzene rings is 1. The van der Waals surface area contributed by atoms with Crippen LogP contribution in [-0.2, 0) is 11.3 Å². The molecule has 0 aliphatic carbocycles. The molecule has 5 nitrogen and oxygen atoms in total. The average Bonchev–Trinajstić information content (AvgIpc) is 2.64. The number of hydrogen-bond acceptors (Lipinski definition) is 4. The van der Waals surface area contributed by atoms with Gasteiger partial charge in [-0.25, -0.2) is 0 Å². The van der Waals surface area contributed by atoms with Gasteiger partial charge in [-0.1, -0.05) is 11.6 Å². The van der Waals surface area contributed by atoms with Crippen LogP contribution in [0.3, 0.4) is 0 Å². The number of carbonyl (C=O) groups excluding carboxylic acids is 1. The maximum atomic E-state index is 12.7. The van der Waals surface area contributed by atoms with Crippen LogP contribution in [0.2, 0.25) is 5.02 Å². The van der Waals surface area contributed by atoms with Crippen molar-refractivity contribution in [2.45, 2.75) is 19.4 Å². The predicted molar refractivity (Wildman–Crippen MR) is 95.5 cm³/mol. The van der Waals surface area contributed by atoms with Crippen LogP contribution in [0.15, 0.2) is 18.2 Å². The maximum absolute atomic E-state index is 12.7. The molecular formula is C18H26ClN3O2. The molecule has 2 aliphatic rings. The quantitative estimate of drug-likeness (QED) is 0.901. The van der Waals surface area contributed by atoms with E-state index in [0.717, 1.165) is 75.0 Å². The Morgan fingerprint density at radius 2 is 2.12 bits per heavy atom. The van der Waals surface area contributed by atoms with E-state index in [1.54, 1.807) is 7.11 Å². The molecule has 2 heterocycles. The number of piperazine rings is 1. The largest absolute Gasteiger partial charge is 0.497 e. The van der Waals surface area contributed by atoms with Gasteiger partial charge in [0.05, 0.1) is 13.0 Å². The molecule has 1 N–H and O–H groups in total. The molecule has 2 saturated heterocycles. The minimum atomic E-state index is 0.112. The lowest BCUT2D eigenvalue weighted by Crippen LogP contribution is -2.51. The van der Waals surface area contributed by atoms with Crippen molar-refractivity contribution in [2.24, 2.45) is 5.92 Å². The summed E-state index contributed by atoms with van der Waals surface area (Å²) in [7, 11) is 1.66. The highest BCUT2D eigenvalue weighted by molar-refractivity contribution is 6.31. The van der Waals surface area contributed by atoms with Crippen molar-refractivity contribution in [2.75, 3.05) is 46.4 Å². The number of halogens is 1. The summed E-state index contributed by atoms with van der Waals surface area (Å²) in [6.07, 6.45) is 2.05. The fraction of sp³-hybridized carbons (Fsp3) is 0.611. The molecule has 6 heteroatoms. The van der Waals surface area contributed by atoms with E-state index in [1.165, 1.54) is 0 Å². The van der Waals surface area contributed by atoms with Crippen LogP contribution in [-0.4, -0.2) is 62.1 Å². The highest BCUT2D eigenvalue weighted by Gasteiger charge is 2.30. The first kappa shape index (κ1) is 17.5. The number of methoxy groups -OCH3 is 1. The summed E-state index contributed by atoms with van der Waals surface area (Å²) >= 11 is 6.33. The first-order chi connectivity index (χ1) is 11.7. The minimum Gasteiger partial charge on any atom is -0.497 e. The number of ether oxygens (including phenoxy) is 1. The molecule has 1 aromatic carbocycles. The molecule has 132 valence electrons. The van der Waals surface area contributed by atoms with Crippen molar-refractivity contribution >= 4 is 17.5 Å². The lowest BCUT2D eigenvalue weighted by atomic mass is 9.95. The van der Waals surface area contributed by atoms with Gasteiger partial charge >= 0.3 is 0 Å². The molecule has 0 radical (unpaired) electrons. The minimum absolute atomic E-state index is 0.112. The summed E-state index contributed by atoms with van der Waals surface area (Å²) in [5, 5.41) is 4.06. The predicted octanol–water partition coefficient (Wildman–Crippen LogP) is 1.99. The molecule has 0 spiro atoms. The number of hydrogen-bond donors (Lipinski definition) is 1. The van der Waals surface area contributed by atoms with Crippen molar-refractivity contribution in [3.05, 3.63) is 28.8 Å². The van der Waals surface area contributed by atoms with E-state index in [-0.39, 0.29) is 5.92 Å².